The van der Waals surface area contributed by atoms with E-state index in [9.17, 15) is 47.9 Å². The highest BCUT2D eigenvalue weighted by Crippen LogP contribution is 2.73. The molecule has 0 aliphatic carbocycles. The van der Waals surface area contributed by atoms with E-state index < -0.39 is 43.7 Å². The van der Waals surface area contributed by atoms with Crippen molar-refractivity contribution in [2.75, 3.05) is 0 Å². The summed E-state index contributed by atoms with van der Waals surface area (Å²) >= 11 is 0.797. The molecular formula is C26H17F9O3S3. The van der Waals surface area contributed by atoms with Crippen LogP contribution in [0.5, 0.6) is 0 Å². The van der Waals surface area contributed by atoms with Crippen LogP contribution in [0.1, 0.15) is 0 Å². The van der Waals surface area contributed by atoms with Crippen molar-refractivity contribution in [3.63, 3.8) is 0 Å². The molecule has 0 radical (unpaired) electrons. The van der Waals surface area contributed by atoms with E-state index in [4.69, 9.17) is 3.63 Å². The molecule has 15 heteroatoms. The van der Waals surface area contributed by atoms with E-state index in [-0.39, 0.29) is 14.0 Å². The Morgan fingerprint density at radius 1 is 0.585 bits per heavy atom. The molecule has 0 aliphatic rings. The van der Waals surface area contributed by atoms with Crippen molar-refractivity contribution in [3.8, 4) is 11.1 Å². The summed E-state index contributed by atoms with van der Waals surface area (Å²) < 4.78 is 155. The maximum absolute atomic E-state index is 14.9. The van der Waals surface area contributed by atoms with Gasteiger partial charge in [-0.2, -0.15) is 47.9 Å². The summed E-state index contributed by atoms with van der Waals surface area (Å²) in [6, 6.07) is 23.0. The first kappa shape index (κ1) is 30.9. The molecule has 0 unspecified atom stereocenters. The Balaban J connectivity index is 1.99. The van der Waals surface area contributed by atoms with Crippen LogP contribution >= 0.6 is 21.6 Å². The highest BCUT2D eigenvalue weighted by molar-refractivity contribution is 8.34. The predicted molar refractivity (Wildman–Crippen MR) is 136 cm³/mol. The first-order valence-corrected chi connectivity index (χ1v) is 15.1. The van der Waals surface area contributed by atoms with Crippen molar-refractivity contribution in [1.29, 1.82) is 0 Å². The molecule has 1 heterocycles. The molecule has 0 saturated carbocycles. The fourth-order valence-corrected chi connectivity index (χ4v) is 10.7. The third-order valence-corrected chi connectivity index (χ3v) is 12.4. The molecule has 0 fully saturated rings. The lowest BCUT2D eigenvalue weighted by Crippen LogP contribution is -2.63. The molecule has 0 saturated heterocycles. The molecular weight excluding hydrogens is 627 g/mol. The summed E-state index contributed by atoms with van der Waals surface area (Å²) in [5, 5.41) is -5.53. The molecule has 0 aliphatic heterocycles. The van der Waals surface area contributed by atoms with E-state index in [1.807, 2.05) is 0 Å². The fourth-order valence-electron chi connectivity index (χ4n) is 3.65. The zero-order valence-electron chi connectivity index (χ0n) is 20.2. The largest absolute Gasteiger partial charge is 0.460 e. The summed E-state index contributed by atoms with van der Waals surface area (Å²) in [4.78, 5) is -0.282. The predicted octanol–water partition coefficient (Wildman–Crippen LogP) is 9.38. The van der Waals surface area contributed by atoms with Crippen LogP contribution in [0.4, 0.5) is 39.5 Å². The van der Waals surface area contributed by atoms with Crippen molar-refractivity contribution < 1.29 is 51.6 Å². The van der Waals surface area contributed by atoms with Crippen molar-refractivity contribution in [1.82, 2.24) is 0 Å². The van der Waals surface area contributed by atoms with Gasteiger partial charge in [0.15, 0.2) is 0 Å². The standard InChI is InChI=1S/C26H17F9O3S3/c27-23(28,25(31,32)33)24(29,30)26(34,35)41(36,37)38-40(20-12-6-2-7-13-20,21-14-8-3-9-15-21)22-16-19(17-39-22)18-10-4-1-5-11-18/h1-17H. The molecule has 0 atom stereocenters. The number of hydrogen-bond acceptors (Lipinski definition) is 4. The van der Waals surface area contributed by atoms with Gasteiger partial charge in [-0.05, 0) is 57.1 Å². The number of alkyl halides is 9. The highest BCUT2D eigenvalue weighted by atomic mass is 32.3. The molecule has 1 aromatic heterocycles. The van der Waals surface area contributed by atoms with Crippen molar-refractivity contribution in [3.05, 3.63) is 102 Å². The molecule has 0 amide bonds. The second-order valence-electron chi connectivity index (χ2n) is 8.39. The van der Waals surface area contributed by atoms with E-state index in [0.29, 0.717) is 11.1 Å². The SMILES string of the molecule is O=S(=O)(OS(c1ccccc1)(c1ccccc1)c1cc(-c2ccccc2)cs1)C(F)(F)C(F)(F)C(F)(F)C(F)(F)F. The number of thiophene rings is 1. The summed E-state index contributed by atoms with van der Waals surface area (Å²) in [5.41, 5.74) is 1.03. The average molecular weight is 645 g/mol. The minimum Gasteiger partial charge on any atom is -0.201 e. The van der Waals surface area contributed by atoms with Gasteiger partial charge in [0.2, 0.25) is 0 Å². The summed E-state index contributed by atoms with van der Waals surface area (Å²) in [6.07, 6.45) is -7.21. The second kappa shape index (κ2) is 10.7. The van der Waals surface area contributed by atoms with Crippen molar-refractivity contribution in [2.45, 2.75) is 37.3 Å². The molecule has 4 rings (SSSR count). The lowest BCUT2D eigenvalue weighted by molar-refractivity contribution is -0.382. The number of halogens is 9. The molecule has 0 spiro atoms. The van der Waals surface area contributed by atoms with Crippen LogP contribution in [0.25, 0.3) is 11.1 Å². The Hall–Kier alpha value is -3.01. The van der Waals surface area contributed by atoms with Gasteiger partial charge in [0, 0.05) is 9.79 Å². The summed E-state index contributed by atoms with van der Waals surface area (Å²) in [5.74, 6) is -14.9. The Morgan fingerprint density at radius 3 is 1.46 bits per heavy atom. The Kier molecular flexibility index (Phi) is 8.06. The van der Waals surface area contributed by atoms with E-state index >= 15 is 0 Å². The Morgan fingerprint density at radius 2 is 1.02 bits per heavy atom. The zero-order chi connectivity index (χ0) is 30.3. The van der Waals surface area contributed by atoms with Crippen LogP contribution in [0.15, 0.2) is 116 Å². The van der Waals surface area contributed by atoms with Crippen molar-refractivity contribution in [2.24, 2.45) is 0 Å². The maximum Gasteiger partial charge on any atom is 0.460 e. The van der Waals surface area contributed by atoms with Gasteiger partial charge in [-0.1, -0.05) is 66.7 Å². The zero-order valence-corrected chi connectivity index (χ0v) is 22.6. The third kappa shape index (κ3) is 5.13. The quantitative estimate of drug-likeness (QED) is 0.171. The molecule has 0 N–H and O–H groups in total. The molecule has 3 aromatic carbocycles. The number of hydrogen-bond donors (Lipinski definition) is 0. The topological polar surface area (TPSA) is 43.4 Å². The van der Waals surface area contributed by atoms with E-state index in [0.717, 1.165) is 11.3 Å². The van der Waals surface area contributed by atoms with E-state index in [1.165, 1.54) is 72.1 Å². The second-order valence-corrected chi connectivity index (χ2v) is 14.0. The van der Waals surface area contributed by atoms with Gasteiger partial charge in [0.25, 0.3) is 0 Å². The lowest BCUT2D eigenvalue weighted by atomic mass is 10.1. The molecule has 220 valence electrons. The van der Waals surface area contributed by atoms with Gasteiger partial charge in [-0.3, -0.25) is 0 Å². The van der Waals surface area contributed by atoms with Crippen LogP contribution < -0.4 is 0 Å². The normalized spacial score (nSPS) is 14.2. The van der Waals surface area contributed by atoms with Gasteiger partial charge in [0.05, 0.1) is 4.21 Å². The highest BCUT2D eigenvalue weighted by Gasteiger charge is 2.86. The maximum atomic E-state index is 14.9. The lowest BCUT2D eigenvalue weighted by Gasteiger charge is -2.40. The average Bonchev–Trinajstić information content (AvgIpc) is 3.43. The number of benzene rings is 3. The van der Waals surface area contributed by atoms with Crippen molar-refractivity contribution >= 4 is 31.8 Å². The van der Waals surface area contributed by atoms with Crippen LogP contribution in [0, 0.1) is 0 Å². The molecule has 41 heavy (non-hydrogen) atoms. The van der Waals surface area contributed by atoms with Gasteiger partial charge >= 0.3 is 33.4 Å². The smallest absolute Gasteiger partial charge is 0.201 e. The number of rotatable bonds is 9. The first-order valence-electron chi connectivity index (χ1n) is 11.2. The van der Waals surface area contributed by atoms with Crippen LogP contribution in [0.2, 0.25) is 0 Å². The van der Waals surface area contributed by atoms with Gasteiger partial charge in [-0.25, -0.2) is 3.63 Å². The molecule has 4 aromatic rings. The van der Waals surface area contributed by atoms with E-state index in [2.05, 4.69) is 0 Å². The minimum atomic E-state index is -7.44. The molecule has 0 bridgehead atoms. The monoisotopic (exact) mass is 644 g/mol. The van der Waals surface area contributed by atoms with E-state index in [1.54, 1.807) is 30.3 Å². The van der Waals surface area contributed by atoms with Crippen LogP contribution in [0.3, 0.4) is 0 Å². The minimum absolute atomic E-state index is 0.0981. The van der Waals surface area contributed by atoms with Crippen LogP contribution in [-0.2, 0) is 13.7 Å². The summed E-state index contributed by atoms with van der Waals surface area (Å²) in [6.45, 7) is 0. The first-order chi connectivity index (χ1) is 19.0. The fraction of sp³-hybridized carbons (Fsp3) is 0.154. The van der Waals surface area contributed by atoms with Gasteiger partial charge in [0.1, 0.15) is 0 Å². The third-order valence-electron chi connectivity index (χ3n) is 5.74. The van der Waals surface area contributed by atoms with Crippen LogP contribution in [-0.4, -0.2) is 31.7 Å². The van der Waals surface area contributed by atoms with Gasteiger partial charge in [-0.15, -0.1) is 11.3 Å². The Bertz CT molecular complexity index is 1550. The van der Waals surface area contributed by atoms with Gasteiger partial charge < -0.3 is 0 Å². The molecule has 3 nitrogen and oxygen atoms in total. The Labute approximate surface area is 233 Å². The summed E-state index contributed by atoms with van der Waals surface area (Å²) in [7, 11) is -11.2.